The predicted octanol–water partition coefficient (Wildman–Crippen LogP) is 4.11. The number of ether oxygens (including phenoxy) is 1. The lowest BCUT2D eigenvalue weighted by Gasteiger charge is -2.37. The number of amides is 3. The lowest BCUT2D eigenvalue weighted by Crippen LogP contribution is -2.60. The lowest BCUT2D eigenvalue weighted by molar-refractivity contribution is -0.156. The third kappa shape index (κ3) is 11.6. The number of hydrogen-bond acceptors (Lipinski definition) is 6. The molecule has 0 saturated carbocycles. The van der Waals surface area contributed by atoms with Crippen LogP contribution >= 0.6 is 0 Å². The second-order valence-corrected chi connectivity index (χ2v) is 11.4. The smallest absolute Gasteiger partial charge is 0.371 e. The van der Waals surface area contributed by atoms with Crippen molar-refractivity contribution in [1.29, 1.82) is 0 Å². The number of aryl methyl sites for hydroxylation is 1. The van der Waals surface area contributed by atoms with E-state index in [9.17, 15) is 27.6 Å². The molecule has 0 saturated heterocycles. The second kappa shape index (κ2) is 17.6. The van der Waals surface area contributed by atoms with E-state index in [0.29, 0.717) is 6.61 Å². The number of nitrogens with one attached hydrogen (secondary N) is 3. The topological polar surface area (TPSA) is 117 Å². The van der Waals surface area contributed by atoms with Crippen molar-refractivity contribution < 1.29 is 37.1 Å². The van der Waals surface area contributed by atoms with Gasteiger partial charge in [0.05, 0.1) is 24.8 Å². The molecule has 9 nitrogen and oxygen atoms in total. The van der Waals surface area contributed by atoms with Gasteiger partial charge in [-0.15, -0.1) is 0 Å². The summed E-state index contributed by atoms with van der Waals surface area (Å²) in [5, 5.41) is 8.98. The first-order valence-corrected chi connectivity index (χ1v) is 15.0. The van der Waals surface area contributed by atoms with Crippen molar-refractivity contribution in [1.82, 2.24) is 20.9 Å². The molecule has 1 aliphatic carbocycles. The summed E-state index contributed by atoms with van der Waals surface area (Å²) in [5.41, 5.74) is 3.34. The van der Waals surface area contributed by atoms with Crippen LogP contribution in [0.4, 0.5) is 13.2 Å². The Morgan fingerprint density at radius 2 is 1.60 bits per heavy atom. The molecule has 248 valence electrons. The van der Waals surface area contributed by atoms with Crippen molar-refractivity contribution in [3.63, 3.8) is 0 Å². The standard InChI is InChI=1S/C31H44N4O4.C2HF3O/c1-20(2)27(34-29(36)21(3)32-5)31(38)35(6)28(22(4)39-19-23-13-8-7-9-14-23)30(37)33-26-18-12-16-24-15-10-11-17-25(24)26;3-2(4,5)1-6/h7-11,13-15,17,20-22,26-28,32H,12,16,18-19H2,1-6H3,(H,33,37)(H,34,36);1H/t21-,22?,26?,27-,28-;/m0./s1. The molecule has 0 aliphatic heterocycles. The fraction of sp³-hybridized carbons (Fsp3) is 0.515. The highest BCUT2D eigenvalue weighted by Crippen LogP contribution is 2.30. The van der Waals surface area contributed by atoms with Gasteiger partial charge in [0.15, 0.2) is 0 Å². The highest BCUT2D eigenvalue weighted by molar-refractivity contribution is 5.93. The number of nitrogens with zero attached hydrogens (tertiary/aromatic N) is 1. The monoisotopic (exact) mass is 634 g/mol. The Morgan fingerprint density at radius 3 is 2.18 bits per heavy atom. The first-order chi connectivity index (χ1) is 21.2. The van der Waals surface area contributed by atoms with E-state index in [-0.39, 0.29) is 29.7 Å². The molecule has 3 N–H and O–H groups in total. The summed E-state index contributed by atoms with van der Waals surface area (Å²) in [4.78, 5) is 50.5. The minimum Gasteiger partial charge on any atom is -0.371 e. The number of likely N-dealkylation sites (N-methyl/N-ethyl adjacent to an activating group) is 2. The van der Waals surface area contributed by atoms with Crippen LogP contribution in [0.3, 0.4) is 0 Å². The molecule has 2 aromatic rings. The quantitative estimate of drug-likeness (QED) is 0.303. The van der Waals surface area contributed by atoms with Gasteiger partial charge >= 0.3 is 6.18 Å². The number of aldehydes is 1. The number of benzene rings is 2. The molecule has 3 amide bonds. The molecule has 1 aliphatic rings. The van der Waals surface area contributed by atoms with Gasteiger partial charge < -0.3 is 25.6 Å². The highest BCUT2D eigenvalue weighted by Gasteiger charge is 2.38. The van der Waals surface area contributed by atoms with Gasteiger partial charge in [0.2, 0.25) is 24.0 Å². The molecule has 12 heteroatoms. The van der Waals surface area contributed by atoms with Gasteiger partial charge in [0.25, 0.3) is 0 Å². The summed E-state index contributed by atoms with van der Waals surface area (Å²) in [6, 6.07) is 15.6. The zero-order valence-electron chi connectivity index (χ0n) is 26.7. The summed E-state index contributed by atoms with van der Waals surface area (Å²) in [6.45, 7) is 7.62. The number of hydrogen-bond donors (Lipinski definition) is 3. The van der Waals surface area contributed by atoms with Crippen LogP contribution in [-0.2, 0) is 36.9 Å². The predicted molar refractivity (Wildman–Crippen MR) is 165 cm³/mol. The number of carbonyl (C=O) groups is 4. The maximum atomic E-state index is 13.9. The van der Waals surface area contributed by atoms with Crippen LogP contribution in [0.15, 0.2) is 54.6 Å². The molecular formula is C33H45F3N4O5. The normalized spacial score (nSPS) is 17.0. The molecular weight excluding hydrogens is 589 g/mol. The van der Waals surface area contributed by atoms with E-state index in [2.05, 4.69) is 28.1 Å². The van der Waals surface area contributed by atoms with Gasteiger partial charge in [0, 0.05) is 7.05 Å². The van der Waals surface area contributed by atoms with Gasteiger partial charge in [-0.1, -0.05) is 68.4 Å². The average Bonchev–Trinajstić information content (AvgIpc) is 3.02. The van der Waals surface area contributed by atoms with E-state index in [1.54, 1.807) is 21.0 Å². The Kier molecular flexibility index (Phi) is 14.7. The zero-order valence-corrected chi connectivity index (χ0v) is 26.7. The Labute approximate surface area is 263 Å². The van der Waals surface area contributed by atoms with E-state index in [1.807, 2.05) is 63.2 Å². The van der Waals surface area contributed by atoms with Crippen LogP contribution in [0.5, 0.6) is 0 Å². The average molecular weight is 635 g/mol. The summed E-state index contributed by atoms with van der Waals surface area (Å²) >= 11 is 0. The van der Waals surface area contributed by atoms with Crippen molar-refractivity contribution in [2.45, 2.75) is 90.0 Å². The van der Waals surface area contributed by atoms with Crippen LogP contribution in [0.25, 0.3) is 0 Å². The van der Waals surface area contributed by atoms with Crippen LogP contribution in [-0.4, -0.2) is 73.4 Å². The van der Waals surface area contributed by atoms with Crippen molar-refractivity contribution >= 4 is 24.0 Å². The number of alkyl halides is 3. The molecule has 3 rings (SSSR count). The first kappa shape index (κ1) is 37.4. The Balaban J connectivity index is 0.00000107. The van der Waals surface area contributed by atoms with Crippen LogP contribution < -0.4 is 16.0 Å². The largest absolute Gasteiger partial charge is 0.446 e. The van der Waals surface area contributed by atoms with Crippen molar-refractivity contribution in [2.75, 3.05) is 14.1 Å². The van der Waals surface area contributed by atoms with E-state index in [0.717, 1.165) is 30.4 Å². The molecule has 0 fully saturated rings. The minimum atomic E-state index is -4.64. The third-order valence-corrected chi connectivity index (χ3v) is 7.71. The van der Waals surface area contributed by atoms with E-state index >= 15 is 0 Å². The van der Waals surface area contributed by atoms with Gasteiger partial charge in [-0.3, -0.25) is 19.2 Å². The summed E-state index contributed by atoms with van der Waals surface area (Å²) in [5.74, 6) is -1.06. The number of halogens is 3. The molecule has 5 atom stereocenters. The summed E-state index contributed by atoms with van der Waals surface area (Å²) in [6.07, 6.45) is -3.50. The lowest BCUT2D eigenvalue weighted by atomic mass is 9.87. The molecule has 0 spiro atoms. The van der Waals surface area contributed by atoms with Gasteiger partial charge in [-0.25, -0.2) is 0 Å². The fourth-order valence-electron chi connectivity index (χ4n) is 5.04. The van der Waals surface area contributed by atoms with Gasteiger partial charge in [-0.2, -0.15) is 13.2 Å². The third-order valence-electron chi connectivity index (χ3n) is 7.71. The Hall–Kier alpha value is -3.77. The zero-order chi connectivity index (χ0) is 33.7. The molecule has 0 radical (unpaired) electrons. The molecule has 45 heavy (non-hydrogen) atoms. The number of rotatable bonds is 12. The van der Waals surface area contributed by atoms with Crippen LogP contribution in [0.1, 0.15) is 63.3 Å². The first-order valence-electron chi connectivity index (χ1n) is 15.0. The number of fused-ring (bicyclic) bond motifs is 1. The van der Waals surface area contributed by atoms with Crippen molar-refractivity contribution in [3.8, 4) is 0 Å². The maximum Gasteiger partial charge on any atom is 0.446 e. The van der Waals surface area contributed by atoms with Gasteiger partial charge in [-0.05, 0) is 62.8 Å². The van der Waals surface area contributed by atoms with Crippen molar-refractivity contribution in [3.05, 3.63) is 71.3 Å². The van der Waals surface area contributed by atoms with Crippen LogP contribution in [0, 0.1) is 5.92 Å². The molecule has 2 aromatic carbocycles. The van der Waals surface area contributed by atoms with Crippen LogP contribution in [0.2, 0.25) is 0 Å². The van der Waals surface area contributed by atoms with E-state index in [4.69, 9.17) is 9.53 Å². The van der Waals surface area contributed by atoms with Crippen molar-refractivity contribution in [2.24, 2.45) is 5.92 Å². The maximum absolute atomic E-state index is 13.9. The fourth-order valence-corrected chi connectivity index (χ4v) is 5.04. The summed E-state index contributed by atoms with van der Waals surface area (Å²) in [7, 11) is 3.31. The minimum absolute atomic E-state index is 0.133. The molecule has 0 bridgehead atoms. The van der Waals surface area contributed by atoms with Gasteiger partial charge in [0.1, 0.15) is 12.1 Å². The molecule has 0 aromatic heterocycles. The summed E-state index contributed by atoms with van der Waals surface area (Å²) < 4.78 is 37.4. The SMILES string of the molecule is CN[C@@H](C)C(=O)N[C@H](C(=O)N(C)[C@H](C(=O)NC1CCCc2ccccc21)C(C)OCc1ccccc1)C(C)C.O=CC(F)(F)F. The molecule has 0 heterocycles. The second-order valence-electron chi connectivity index (χ2n) is 11.4. The Bertz CT molecular complexity index is 1260. The highest BCUT2D eigenvalue weighted by atomic mass is 19.4. The Morgan fingerprint density at radius 1 is 1.00 bits per heavy atom. The van der Waals surface area contributed by atoms with E-state index < -0.39 is 36.7 Å². The molecule has 2 unspecified atom stereocenters. The van der Waals surface area contributed by atoms with E-state index in [1.165, 1.54) is 10.5 Å². The number of carbonyl (C=O) groups excluding carboxylic acids is 4.